The number of carboxylic acids is 1. The van der Waals surface area contributed by atoms with Crippen LogP contribution in [0.1, 0.15) is 17.3 Å². The summed E-state index contributed by atoms with van der Waals surface area (Å²) >= 11 is 0. The summed E-state index contributed by atoms with van der Waals surface area (Å²) in [4.78, 5) is 10.7. The molecule has 0 aromatic heterocycles. The number of aromatic carboxylic acids is 1. The third-order valence-corrected chi connectivity index (χ3v) is 3.21. The Kier molecular flexibility index (Phi) is 6.29. The first-order chi connectivity index (χ1) is 8.86. The predicted octanol–water partition coefficient (Wildman–Crippen LogP) is -4.24. The first kappa shape index (κ1) is 18.2. The van der Waals surface area contributed by atoms with Gasteiger partial charge in [0.25, 0.3) is 0 Å². The summed E-state index contributed by atoms with van der Waals surface area (Å²) in [6.45, 7) is -0.418. The van der Waals surface area contributed by atoms with Gasteiger partial charge in [0, 0.05) is 0 Å². The van der Waals surface area contributed by atoms with E-state index >= 15 is 0 Å². The third-order valence-electron chi connectivity index (χ3n) is 3.21. The maximum absolute atomic E-state index is 10.7. The van der Waals surface area contributed by atoms with Gasteiger partial charge in [-0.25, -0.2) is 4.79 Å². The molecule has 0 unspecified atom stereocenters. The fourth-order valence-electron chi connectivity index (χ4n) is 1.99. The van der Waals surface area contributed by atoms with Gasteiger partial charge in [0.1, 0.15) is 17.8 Å². The van der Waals surface area contributed by atoms with Crippen LogP contribution in [0.2, 0.25) is 0 Å². The van der Waals surface area contributed by atoms with Crippen molar-refractivity contribution in [1.29, 1.82) is 0 Å². The second kappa shape index (κ2) is 6.92. The van der Waals surface area contributed by atoms with E-state index in [1.807, 2.05) is 0 Å². The van der Waals surface area contributed by atoms with E-state index in [2.05, 4.69) is 0 Å². The molecular formula is C12H15KO7. The second-order valence-electron chi connectivity index (χ2n) is 4.44. The van der Waals surface area contributed by atoms with E-state index < -0.39 is 36.7 Å². The SMILES string of the molecule is O=C(O)c1ccc([C@@]2(O)CO[C@H](O)[C@H](O)[C@H]2O)cc1.[H-].[K+]. The molecule has 0 saturated carbocycles. The molecule has 1 fully saturated rings. The van der Waals surface area contributed by atoms with Crippen LogP contribution in [-0.2, 0) is 10.3 Å². The van der Waals surface area contributed by atoms with Gasteiger partial charge in [-0.2, -0.15) is 0 Å². The molecule has 1 aliphatic rings. The molecule has 5 N–H and O–H groups in total. The molecule has 7 nitrogen and oxygen atoms in total. The Morgan fingerprint density at radius 2 is 1.80 bits per heavy atom. The number of benzene rings is 1. The Morgan fingerprint density at radius 3 is 2.30 bits per heavy atom. The Hall–Kier alpha value is 0.126. The van der Waals surface area contributed by atoms with Gasteiger partial charge >= 0.3 is 57.4 Å². The summed E-state index contributed by atoms with van der Waals surface area (Å²) in [5.74, 6) is -1.12. The number of carbonyl (C=O) groups is 1. The monoisotopic (exact) mass is 310 g/mol. The van der Waals surface area contributed by atoms with Crippen molar-refractivity contribution < 1.29 is 87.9 Å². The van der Waals surface area contributed by atoms with Crippen LogP contribution >= 0.6 is 0 Å². The maximum atomic E-state index is 10.7. The average Bonchev–Trinajstić information content (AvgIpc) is 2.41. The summed E-state index contributed by atoms with van der Waals surface area (Å²) in [7, 11) is 0. The van der Waals surface area contributed by atoms with E-state index in [1.54, 1.807) is 0 Å². The number of aliphatic hydroxyl groups excluding tert-OH is 3. The van der Waals surface area contributed by atoms with Crippen molar-refractivity contribution >= 4 is 5.97 Å². The standard InChI is InChI=1S/C12H14O7.K.H/c13-8-9(14)12(18,5-19-11(8)17)7-3-1-6(2-4-7)10(15)16;;/h1-4,8-9,11,13-14,17-18H,5H2,(H,15,16);;/q;+1;-1/t8-,9-,11+,12+;;/m1../s1. The average molecular weight is 310 g/mol. The molecule has 0 aliphatic carbocycles. The smallest absolute Gasteiger partial charge is 1.00 e. The topological polar surface area (TPSA) is 127 Å². The maximum Gasteiger partial charge on any atom is 1.00 e. The van der Waals surface area contributed by atoms with Crippen molar-refractivity contribution in [1.82, 2.24) is 0 Å². The zero-order chi connectivity index (χ0) is 14.2. The van der Waals surface area contributed by atoms with Gasteiger partial charge in [-0.15, -0.1) is 0 Å². The molecule has 1 aliphatic heterocycles. The van der Waals surface area contributed by atoms with Crippen molar-refractivity contribution in [3.8, 4) is 0 Å². The first-order valence-electron chi connectivity index (χ1n) is 5.58. The molecule has 0 spiro atoms. The number of hydrogen-bond donors (Lipinski definition) is 5. The zero-order valence-electron chi connectivity index (χ0n) is 11.8. The zero-order valence-corrected chi connectivity index (χ0v) is 13.9. The normalized spacial score (nSPS) is 33.3. The largest absolute Gasteiger partial charge is 1.00 e. The van der Waals surface area contributed by atoms with Crippen LogP contribution in [0.4, 0.5) is 0 Å². The number of rotatable bonds is 2. The summed E-state index contributed by atoms with van der Waals surface area (Å²) < 4.78 is 4.79. The first-order valence-corrected chi connectivity index (χ1v) is 5.58. The van der Waals surface area contributed by atoms with Crippen molar-refractivity contribution in [2.24, 2.45) is 0 Å². The fourth-order valence-corrected chi connectivity index (χ4v) is 1.99. The van der Waals surface area contributed by atoms with Gasteiger partial charge in [0.15, 0.2) is 6.29 Å². The molecule has 8 heteroatoms. The summed E-state index contributed by atoms with van der Waals surface area (Å²) in [6, 6.07) is 5.17. The van der Waals surface area contributed by atoms with Crippen LogP contribution in [0.15, 0.2) is 24.3 Å². The van der Waals surface area contributed by atoms with E-state index in [-0.39, 0.29) is 63.9 Å². The van der Waals surface area contributed by atoms with Crippen LogP contribution in [0, 0.1) is 0 Å². The Balaban J connectivity index is 0.00000200. The minimum absolute atomic E-state index is 0. The summed E-state index contributed by atoms with van der Waals surface area (Å²) in [5.41, 5.74) is -1.69. The van der Waals surface area contributed by atoms with Gasteiger partial charge in [-0.05, 0) is 17.7 Å². The minimum Gasteiger partial charge on any atom is -1.00 e. The van der Waals surface area contributed by atoms with Crippen molar-refractivity contribution in [2.75, 3.05) is 6.61 Å². The predicted molar refractivity (Wildman–Crippen MR) is 62.4 cm³/mol. The summed E-state index contributed by atoms with van der Waals surface area (Å²) in [6.07, 6.45) is -4.88. The molecule has 106 valence electrons. The fraction of sp³-hybridized carbons (Fsp3) is 0.417. The number of ether oxygens (including phenoxy) is 1. The van der Waals surface area contributed by atoms with Crippen LogP contribution in [0.25, 0.3) is 0 Å². The van der Waals surface area contributed by atoms with Gasteiger partial charge in [-0.3, -0.25) is 0 Å². The van der Waals surface area contributed by atoms with Crippen LogP contribution < -0.4 is 51.4 Å². The molecule has 0 amide bonds. The number of aliphatic hydroxyl groups is 4. The third kappa shape index (κ3) is 3.30. The van der Waals surface area contributed by atoms with Gasteiger partial charge in [-0.1, -0.05) is 12.1 Å². The number of hydrogen-bond acceptors (Lipinski definition) is 6. The molecule has 0 radical (unpaired) electrons. The molecule has 1 aromatic carbocycles. The Bertz CT molecular complexity index is 483. The molecule has 1 saturated heterocycles. The molecule has 1 heterocycles. The quantitative estimate of drug-likeness (QED) is 0.350. The number of carboxylic acid groups (broad SMARTS) is 1. The van der Waals surface area contributed by atoms with E-state index in [1.165, 1.54) is 24.3 Å². The molecule has 1 aromatic rings. The van der Waals surface area contributed by atoms with Crippen LogP contribution in [0.5, 0.6) is 0 Å². The molecule has 0 bridgehead atoms. The van der Waals surface area contributed by atoms with Gasteiger partial charge in [0.05, 0.1) is 12.2 Å². The minimum atomic E-state index is -1.91. The van der Waals surface area contributed by atoms with E-state index in [9.17, 15) is 25.2 Å². The van der Waals surface area contributed by atoms with E-state index in [4.69, 9.17) is 9.84 Å². The van der Waals surface area contributed by atoms with Crippen LogP contribution in [0.3, 0.4) is 0 Å². The van der Waals surface area contributed by atoms with E-state index in [0.717, 1.165) is 0 Å². The Labute approximate surface area is 158 Å². The van der Waals surface area contributed by atoms with Crippen molar-refractivity contribution in [2.45, 2.75) is 24.1 Å². The Morgan fingerprint density at radius 1 is 1.25 bits per heavy atom. The van der Waals surface area contributed by atoms with Gasteiger partial charge in [0.2, 0.25) is 0 Å². The van der Waals surface area contributed by atoms with Crippen molar-refractivity contribution in [3.05, 3.63) is 35.4 Å². The van der Waals surface area contributed by atoms with Crippen molar-refractivity contribution in [3.63, 3.8) is 0 Å². The molecular weight excluding hydrogens is 295 g/mol. The molecule has 4 atom stereocenters. The van der Waals surface area contributed by atoms with E-state index in [0.29, 0.717) is 0 Å². The second-order valence-corrected chi connectivity index (χ2v) is 4.44. The molecule has 20 heavy (non-hydrogen) atoms. The molecule has 2 rings (SSSR count). The van der Waals surface area contributed by atoms with Crippen LogP contribution in [-0.4, -0.2) is 56.6 Å². The van der Waals surface area contributed by atoms with Gasteiger partial charge < -0.3 is 31.7 Å². The summed E-state index contributed by atoms with van der Waals surface area (Å²) in [5, 5.41) is 47.7.